The van der Waals surface area contributed by atoms with Crippen LogP contribution in [0.1, 0.15) is 44.2 Å². The fourth-order valence-electron chi connectivity index (χ4n) is 3.16. The molecule has 0 aliphatic heterocycles. The van der Waals surface area contributed by atoms with Gasteiger partial charge in [0.15, 0.2) is 0 Å². The average molecular weight is 285 g/mol. The van der Waals surface area contributed by atoms with Gasteiger partial charge in [0.1, 0.15) is 12.4 Å². The van der Waals surface area contributed by atoms with Gasteiger partial charge in [-0.1, -0.05) is 49.2 Å². The summed E-state index contributed by atoms with van der Waals surface area (Å²) in [6.45, 7) is 2.31. The summed E-state index contributed by atoms with van der Waals surface area (Å²) in [7, 11) is 0. The highest BCUT2D eigenvalue weighted by atomic mass is 16.5. The van der Waals surface area contributed by atoms with Crippen molar-refractivity contribution in [1.82, 2.24) is 0 Å². The molecule has 0 amide bonds. The summed E-state index contributed by atoms with van der Waals surface area (Å²) in [6.07, 6.45) is 3.81. The first-order chi connectivity index (χ1) is 10.1. The van der Waals surface area contributed by atoms with Crippen molar-refractivity contribution in [1.29, 1.82) is 0 Å². The van der Waals surface area contributed by atoms with Gasteiger partial charge >= 0.3 is 0 Å². The third kappa shape index (κ3) is 2.89. The molecule has 0 saturated heterocycles. The molecular formula is C18H23NO2. The summed E-state index contributed by atoms with van der Waals surface area (Å²) in [6, 6.07) is 12.1. The zero-order valence-electron chi connectivity index (χ0n) is 12.5. The number of fused-ring (bicyclic) bond motifs is 1. The lowest BCUT2D eigenvalue weighted by Gasteiger charge is -2.24. The quantitative estimate of drug-likeness (QED) is 0.903. The van der Waals surface area contributed by atoms with Crippen molar-refractivity contribution in [3.8, 4) is 5.75 Å². The van der Waals surface area contributed by atoms with Crippen molar-refractivity contribution in [3.05, 3.63) is 42.0 Å². The third-order valence-electron chi connectivity index (χ3n) is 4.42. The molecule has 1 saturated carbocycles. The topological polar surface area (TPSA) is 55.5 Å². The van der Waals surface area contributed by atoms with Gasteiger partial charge in [0.05, 0.1) is 5.60 Å². The highest BCUT2D eigenvalue weighted by molar-refractivity contribution is 5.89. The lowest BCUT2D eigenvalue weighted by Crippen LogP contribution is -2.32. The number of hydrogen-bond acceptors (Lipinski definition) is 3. The maximum absolute atomic E-state index is 10.5. The summed E-state index contributed by atoms with van der Waals surface area (Å²) < 4.78 is 6.07. The molecule has 0 radical (unpaired) electrons. The number of nitrogens with two attached hydrogens (primary N) is 1. The van der Waals surface area contributed by atoms with Crippen molar-refractivity contribution in [2.24, 2.45) is 5.73 Å². The Kier molecular flexibility index (Phi) is 3.87. The summed E-state index contributed by atoms with van der Waals surface area (Å²) in [5.41, 5.74) is 6.40. The predicted octanol–water partition coefficient (Wildman–Crippen LogP) is 3.54. The van der Waals surface area contributed by atoms with Gasteiger partial charge < -0.3 is 15.6 Å². The second-order valence-electron chi connectivity index (χ2n) is 6.21. The van der Waals surface area contributed by atoms with Gasteiger partial charge in [0, 0.05) is 17.0 Å². The van der Waals surface area contributed by atoms with E-state index in [1.807, 2.05) is 25.1 Å². The second kappa shape index (κ2) is 5.66. The van der Waals surface area contributed by atoms with E-state index >= 15 is 0 Å². The zero-order chi connectivity index (χ0) is 14.9. The summed E-state index contributed by atoms with van der Waals surface area (Å²) >= 11 is 0. The summed E-state index contributed by atoms with van der Waals surface area (Å²) in [5.74, 6) is 0.823. The highest BCUT2D eigenvalue weighted by Crippen LogP contribution is 2.35. The molecule has 21 heavy (non-hydrogen) atoms. The molecule has 3 N–H and O–H groups in total. The smallest absolute Gasteiger partial charge is 0.132 e. The second-order valence-corrected chi connectivity index (χ2v) is 6.21. The Hall–Kier alpha value is -1.58. The minimum Gasteiger partial charge on any atom is -0.490 e. The van der Waals surface area contributed by atoms with E-state index in [2.05, 4.69) is 18.2 Å². The minimum atomic E-state index is -0.675. The fourth-order valence-corrected chi connectivity index (χ4v) is 3.16. The SMILES string of the molecule is C[C@@H](N)c1ccc2ccccc2c1OCC1(O)CCCC1. The summed E-state index contributed by atoms with van der Waals surface area (Å²) in [5, 5.41) is 12.7. The van der Waals surface area contributed by atoms with Crippen LogP contribution in [0, 0.1) is 0 Å². The molecule has 1 atom stereocenters. The Labute approximate surface area is 125 Å². The lowest BCUT2D eigenvalue weighted by atomic mass is 10.0. The molecule has 0 aromatic heterocycles. The van der Waals surface area contributed by atoms with E-state index in [4.69, 9.17) is 10.5 Å². The monoisotopic (exact) mass is 285 g/mol. The Morgan fingerprint density at radius 1 is 1.19 bits per heavy atom. The van der Waals surface area contributed by atoms with Crippen LogP contribution in [0.15, 0.2) is 36.4 Å². The molecule has 0 bridgehead atoms. The summed E-state index contributed by atoms with van der Waals surface area (Å²) in [4.78, 5) is 0. The van der Waals surface area contributed by atoms with Crippen LogP contribution in [-0.2, 0) is 0 Å². The van der Waals surface area contributed by atoms with Gasteiger partial charge in [-0.05, 0) is 25.2 Å². The van der Waals surface area contributed by atoms with Crippen molar-refractivity contribution in [2.45, 2.75) is 44.2 Å². The average Bonchev–Trinajstić information content (AvgIpc) is 2.91. The molecule has 1 fully saturated rings. The van der Waals surface area contributed by atoms with Gasteiger partial charge in [-0.15, -0.1) is 0 Å². The molecule has 1 aliphatic carbocycles. The van der Waals surface area contributed by atoms with Crippen LogP contribution in [0.3, 0.4) is 0 Å². The lowest BCUT2D eigenvalue weighted by molar-refractivity contribution is 0.00155. The molecule has 1 aliphatic rings. The van der Waals surface area contributed by atoms with Crippen LogP contribution in [0.5, 0.6) is 5.75 Å². The van der Waals surface area contributed by atoms with Crippen molar-refractivity contribution >= 4 is 10.8 Å². The number of benzene rings is 2. The van der Waals surface area contributed by atoms with E-state index in [1.54, 1.807) is 0 Å². The predicted molar refractivity (Wildman–Crippen MR) is 85.5 cm³/mol. The molecule has 3 heteroatoms. The molecule has 112 valence electrons. The van der Waals surface area contributed by atoms with Crippen LogP contribution >= 0.6 is 0 Å². The van der Waals surface area contributed by atoms with Crippen LogP contribution in [0.4, 0.5) is 0 Å². The molecule has 2 aromatic carbocycles. The Bertz CT molecular complexity index is 630. The first-order valence-electron chi connectivity index (χ1n) is 7.71. The molecule has 3 nitrogen and oxygen atoms in total. The highest BCUT2D eigenvalue weighted by Gasteiger charge is 2.32. The first-order valence-corrected chi connectivity index (χ1v) is 7.71. The standard InChI is InChI=1S/C18H23NO2/c1-13(19)15-9-8-14-6-2-3-7-16(14)17(15)21-12-18(20)10-4-5-11-18/h2-3,6-9,13,20H,4-5,10-12,19H2,1H3/t13-/m1/s1. The van der Waals surface area contributed by atoms with E-state index in [1.165, 1.54) is 0 Å². The molecular weight excluding hydrogens is 262 g/mol. The van der Waals surface area contributed by atoms with E-state index in [0.29, 0.717) is 6.61 Å². The molecule has 0 heterocycles. The Balaban J connectivity index is 1.96. The van der Waals surface area contributed by atoms with E-state index in [-0.39, 0.29) is 6.04 Å². The molecule has 0 unspecified atom stereocenters. The molecule has 0 spiro atoms. The molecule has 2 aromatic rings. The van der Waals surface area contributed by atoms with Gasteiger partial charge in [0.2, 0.25) is 0 Å². The van der Waals surface area contributed by atoms with E-state index in [9.17, 15) is 5.11 Å². The van der Waals surface area contributed by atoms with Gasteiger partial charge in [0.25, 0.3) is 0 Å². The van der Waals surface area contributed by atoms with Gasteiger partial charge in [-0.3, -0.25) is 0 Å². The third-order valence-corrected chi connectivity index (χ3v) is 4.42. The van der Waals surface area contributed by atoms with Crippen LogP contribution in [-0.4, -0.2) is 17.3 Å². The normalized spacial score (nSPS) is 18.8. The van der Waals surface area contributed by atoms with Crippen molar-refractivity contribution in [3.63, 3.8) is 0 Å². The van der Waals surface area contributed by atoms with Crippen LogP contribution < -0.4 is 10.5 Å². The van der Waals surface area contributed by atoms with E-state index in [0.717, 1.165) is 47.8 Å². The first kappa shape index (κ1) is 14.4. The number of hydrogen-bond donors (Lipinski definition) is 2. The van der Waals surface area contributed by atoms with Crippen molar-refractivity contribution in [2.75, 3.05) is 6.61 Å². The number of aliphatic hydroxyl groups is 1. The van der Waals surface area contributed by atoms with Crippen LogP contribution in [0.2, 0.25) is 0 Å². The minimum absolute atomic E-state index is 0.0946. The largest absolute Gasteiger partial charge is 0.490 e. The van der Waals surface area contributed by atoms with Crippen molar-refractivity contribution < 1.29 is 9.84 Å². The maximum Gasteiger partial charge on any atom is 0.132 e. The Morgan fingerprint density at radius 2 is 1.90 bits per heavy atom. The van der Waals surface area contributed by atoms with Gasteiger partial charge in [-0.2, -0.15) is 0 Å². The maximum atomic E-state index is 10.5. The fraction of sp³-hybridized carbons (Fsp3) is 0.444. The van der Waals surface area contributed by atoms with Crippen LogP contribution in [0.25, 0.3) is 10.8 Å². The molecule has 3 rings (SSSR count). The van der Waals surface area contributed by atoms with Gasteiger partial charge in [-0.25, -0.2) is 0 Å². The Morgan fingerprint density at radius 3 is 2.62 bits per heavy atom. The van der Waals surface area contributed by atoms with E-state index < -0.39 is 5.60 Å². The number of rotatable bonds is 4. The number of ether oxygens (including phenoxy) is 1. The zero-order valence-corrected chi connectivity index (χ0v) is 12.5.